The van der Waals surface area contributed by atoms with E-state index in [1.165, 1.54) is 41.8 Å². The summed E-state index contributed by atoms with van der Waals surface area (Å²) in [6.07, 6.45) is 5.42. The lowest BCUT2D eigenvalue weighted by atomic mass is 9.96. The maximum Gasteiger partial charge on any atom is 0.119 e. The Morgan fingerprint density at radius 3 is 2.67 bits per heavy atom. The summed E-state index contributed by atoms with van der Waals surface area (Å²) in [6.45, 7) is 2.14. The molecule has 3 heteroatoms. The minimum Gasteiger partial charge on any atom is -0.497 e. The van der Waals surface area contributed by atoms with Crippen molar-refractivity contribution in [2.24, 2.45) is 5.92 Å². The Morgan fingerprint density at radius 2 is 2.05 bits per heavy atom. The van der Waals surface area contributed by atoms with Crippen LogP contribution in [-0.4, -0.2) is 7.11 Å². The van der Waals surface area contributed by atoms with E-state index in [4.69, 9.17) is 4.74 Å². The first-order valence-electron chi connectivity index (χ1n) is 7.72. The number of hydrogen-bond donors (Lipinski definition) is 1. The number of nitrogens with one attached hydrogen (secondary N) is 1. The highest BCUT2D eigenvalue weighted by molar-refractivity contribution is 7.10. The van der Waals surface area contributed by atoms with Gasteiger partial charge in [-0.05, 0) is 60.9 Å². The quantitative estimate of drug-likeness (QED) is 0.797. The molecule has 0 amide bonds. The molecular weight excluding hydrogens is 278 g/mol. The van der Waals surface area contributed by atoms with Crippen LogP contribution in [0.5, 0.6) is 5.75 Å². The van der Waals surface area contributed by atoms with E-state index in [1.807, 2.05) is 17.4 Å². The van der Waals surface area contributed by atoms with E-state index in [0.717, 1.165) is 11.7 Å². The number of thiophene rings is 1. The first-order valence-corrected chi connectivity index (χ1v) is 8.60. The van der Waals surface area contributed by atoms with Crippen LogP contribution in [0.2, 0.25) is 0 Å². The molecule has 1 saturated carbocycles. The Hall–Kier alpha value is -1.48. The van der Waals surface area contributed by atoms with Crippen LogP contribution >= 0.6 is 11.3 Å². The number of ether oxygens (including phenoxy) is 1. The summed E-state index contributed by atoms with van der Waals surface area (Å²) in [5, 5.41) is 5.98. The molecule has 1 atom stereocenters. The predicted octanol–water partition coefficient (Wildman–Crippen LogP) is 5.41. The van der Waals surface area contributed by atoms with Crippen molar-refractivity contribution in [2.75, 3.05) is 12.4 Å². The summed E-state index contributed by atoms with van der Waals surface area (Å²) in [4.78, 5) is 1.46. The molecule has 0 spiro atoms. The van der Waals surface area contributed by atoms with Crippen LogP contribution in [0.1, 0.15) is 42.2 Å². The van der Waals surface area contributed by atoms with Gasteiger partial charge in [0, 0.05) is 10.6 Å². The molecule has 112 valence electrons. The van der Waals surface area contributed by atoms with Gasteiger partial charge in [0.1, 0.15) is 5.75 Å². The summed E-state index contributed by atoms with van der Waals surface area (Å²) in [6, 6.07) is 11.1. The minimum atomic E-state index is 0.444. The molecule has 3 rings (SSSR count). The van der Waals surface area contributed by atoms with Gasteiger partial charge < -0.3 is 10.1 Å². The van der Waals surface area contributed by atoms with Crippen molar-refractivity contribution in [3.8, 4) is 5.75 Å². The van der Waals surface area contributed by atoms with Gasteiger partial charge in [0.05, 0.1) is 13.2 Å². The number of rotatable bonds is 5. The van der Waals surface area contributed by atoms with Gasteiger partial charge in [-0.1, -0.05) is 18.9 Å². The molecule has 0 radical (unpaired) electrons. The normalized spacial score (nSPS) is 16.9. The zero-order valence-corrected chi connectivity index (χ0v) is 13.6. The highest BCUT2D eigenvalue weighted by Crippen LogP contribution is 2.40. The average molecular weight is 301 g/mol. The number of benzene rings is 1. The van der Waals surface area contributed by atoms with E-state index in [9.17, 15) is 0 Å². The van der Waals surface area contributed by atoms with Gasteiger partial charge >= 0.3 is 0 Å². The van der Waals surface area contributed by atoms with E-state index in [1.54, 1.807) is 7.11 Å². The van der Waals surface area contributed by atoms with E-state index < -0.39 is 0 Å². The van der Waals surface area contributed by atoms with Crippen LogP contribution < -0.4 is 10.1 Å². The van der Waals surface area contributed by atoms with E-state index >= 15 is 0 Å². The van der Waals surface area contributed by atoms with Crippen LogP contribution in [0.15, 0.2) is 35.7 Å². The third kappa shape index (κ3) is 3.24. The molecule has 0 saturated heterocycles. The van der Waals surface area contributed by atoms with Gasteiger partial charge in [0.25, 0.3) is 0 Å². The van der Waals surface area contributed by atoms with Crippen molar-refractivity contribution < 1.29 is 4.74 Å². The number of methoxy groups -OCH3 is 1. The van der Waals surface area contributed by atoms with Gasteiger partial charge in [-0.15, -0.1) is 11.3 Å². The molecule has 0 bridgehead atoms. The fourth-order valence-corrected chi connectivity index (χ4v) is 4.14. The molecule has 1 aromatic heterocycles. The Bertz CT molecular complexity index is 573. The van der Waals surface area contributed by atoms with Crippen LogP contribution in [0.3, 0.4) is 0 Å². The van der Waals surface area contributed by atoms with E-state index in [0.29, 0.717) is 6.04 Å². The molecular formula is C18H23NOS. The molecule has 1 heterocycles. The van der Waals surface area contributed by atoms with Crippen molar-refractivity contribution >= 4 is 17.0 Å². The third-order valence-corrected chi connectivity index (χ3v) is 5.42. The molecule has 0 aliphatic heterocycles. The largest absolute Gasteiger partial charge is 0.497 e. The van der Waals surface area contributed by atoms with Crippen LogP contribution in [0.25, 0.3) is 0 Å². The van der Waals surface area contributed by atoms with E-state index in [2.05, 4.69) is 41.9 Å². The van der Waals surface area contributed by atoms with Gasteiger partial charge in [-0.2, -0.15) is 0 Å². The van der Waals surface area contributed by atoms with Crippen molar-refractivity contribution in [3.05, 3.63) is 46.2 Å². The predicted molar refractivity (Wildman–Crippen MR) is 90.4 cm³/mol. The topological polar surface area (TPSA) is 21.3 Å². The molecule has 1 aliphatic carbocycles. The molecule has 1 N–H and O–H groups in total. The summed E-state index contributed by atoms with van der Waals surface area (Å²) in [5.74, 6) is 1.68. The molecule has 2 nitrogen and oxygen atoms in total. The SMILES string of the molecule is COc1ccc(NC(c2cccs2)C2CCCC2)c(C)c1. The second-order valence-electron chi connectivity index (χ2n) is 5.86. The summed E-state index contributed by atoms with van der Waals surface area (Å²) in [5.41, 5.74) is 2.47. The second-order valence-corrected chi connectivity index (χ2v) is 6.84. The smallest absolute Gasteiger partial charge is 0.119 e. The Balaban J connectivity index is 1.84. The highest BCUT2D eigenvalue weighted by Gasteiger charge is 2.27. The molecule has 21 heavy (non-hydrogen) atoms. The number of anilines is 1. The first-order chi connectivity index (χ1) is 10.3. The van der Waals surface area contributed by atoms with Gasteiger partial charge in [-0.3, -0.25) is 0 Å². The Kier molecular flexibility index (Phi) is 4.49. The summed E-state index contributed by atoms with van der Waals surface area (Å²) >= 11 is 1.86. The molecule has 1 aromatic carbocycles. The standard InChI is InChI=1S/C18H23NOS/c1-13-12-15(20-2)9-10-16(13)19-18(14-6-3-4-7-14)17-8-5-11-21-17/h5,8-12,14,18-19H,3-4,6-7H2,1-2H3. The Labute approximate surface area is 131 Å². The van der Waals surface area contributed by atoms with Gasteiger partial charge in [-0.25, -0.2) is 0 Å². The van der Waals surface area contributed by atoms with Crippen LogP contribution in [-0.2, 0) is 0 Å². The van der Waals surface area contributed by atoms with Crippen molar-refractivity contribution in [3.63, 3.8) is 0 Å². The second kappa shape index (κ2) is 6.52. The fourth-order valence-electron chi connectivity index (χ4n) is 3.27. The molecule has 2 aromatic rings. The van der Waals surface area contributed by atoms with Gasteiger partial charge in [0.15, 0.2) is 0 Å². The maximum absolute atomic E-state index is 5.30. The summed E-state index contributed by atoms with van der Waals surface area (Å²) < 4.78 is 5.30. The zero-order chi connectivity index (χ0) is 14.7. The van der Waals surface area contributed by atoms with Crippen LogP contribution in [0.4, 0.5) is 5.69 Å². The molecule has 1 unspecified atom stereocenters. The zero-order valence-electron chi connectivity index (χ0n) is 12.8. The number of hydrogen-bond acceptors (Lipinski definition) is 3. The molecule has 1 aliphatic rings. The monoisotopic (exact) mass is 301 g/mol. The molecule has 1 fully saturated rings. The van der Waals surface area contributed by atoms with Crippen molar-refractivity contribution in [1.29, 1.82) is 0 Å². The fraction of sp³-hybridized carbons (Fsp3) is 0.444. The van der Waals surface area contributed by atoms with Crippen molar-refractivity contribution in [1.82, 2.24) is 0 Å². The van der Waals surface area contributed by atoms with Gasteiger partial charge in [0.2, 0.25) is 0 Å². The third-order valence-electron chi connectivity index (χ3n) is 4.47. The lowest BCUT2D eigenvalue weighted by Gasteiger charge is -2.26. The lowest BCUT2D eigenvalue weighted by molar-refractivity contribution is 0.414. The van der Waals surface area contributed by atoms with E-state index in [-0.39, 0.29) is 0 Å². The highest BCUT2D eigenvalue weighted by atomic mass is 32.1. The maximum atomic E-state index is 5.30. The lowest BCUT2D eigenvalue weighted by Crippen LogP contribution is -2.18. The average Bonchev–Trinajstić information content (AvgIpc) is 3.19. The van der Waals surface area contributed by atoms with Crippen molar-refractivity contribution in [2.45, 2.75) is 38.6 Å². The van der Waals surface area contributed by atoms with Crippen LogP contribution in [0, 0.1) is 12.8 Å². The summed E-state index contributed by atoms with van der Waals surface area (Å²) in [7, 11) is 1.72. The Morgan fingerprint density at radius 1 is 1.24 bits per heavy atom. The number of aryl methyl sites for hydroxylation is 1. The minimum absolute atomic E-state index is 0.444. The first kappa shape index (κ1) is 14.5.